The van der Waals surface area contributed by atoms with E-state index >= 15 is 0 Å². The van der Waals surface area contributed by atoms with Gasteiger partial charge in [-0.15, -0.1) is 0 Å². The minimum atomic E-state index is -0.284. The van der Waals surface area contributed by atoms with Gasteiger partial charge in [0.05, 0.1) is 23.0 Å². The molecule has 0 bridgehead atoms. The van der Waals surface area contributed by atoms with Crippen molar-refractivity contribution < 1.29 is 9.59 Å². The average Bonchev–Trinajstić information content (AvgIpc) is 2.87. The number of carbonyl (C=O) groups is 2. The molecule has 0 spiro atoms. The number of amides is 2. The van der Waals surface area contributed by atoms with Crippen LogP contribution in [0.25, 0.3) is 0 Å². The van der Waals surface area contributed by atoms with Gasteiger partial charge in [0.2, 0.25) is 11.8 Å². The topological polar surface area (TPSA) is 76.0 Å². The quantitative estimate of drug-likeness (QED) is 0.860. The molecule has 104 valence electrons. The van der Waals surface area contributed by atoms with Crippen LogP contribution in [-0.2, 0) is 9.59 Å². The third-order valence-electron chi connectivity index (χ3n) is 3.41. The van der Waals surface area contributed by atoms with Crippen molar-refractivity contribution in [3.8, 4) is 0 Å². The number of hydrogen-bond acceptors (Lipinski definition) is 3. The molecule has 1 saturated heterocycles. The van der Waals surface area contributed by atoms with E-state index in [2.05, 4.69) is 15.7 Å². The Morgan fingerprint density at radius 3 is 2.63 bits per heavy atom. The van der Waals surface area contributed by atoms with E-state index in [-0.39, 0.29) is 30.2 Å². The van der Waals surface area contributed by atoms with E-state index in [1.807, 2.05) is 32.4 Å². The van der Waals surface area contributed by atoms with E-state index in [0.717, 1.165) is 17.1 Å². The molecule has 0 radical (unpaired) electrons. The summed E-state index contributed by atoms with van der Waals surface area (Å²) in [7, 11) is 0. The Labute approximate surface area is 112 Å². The predicted octanol–water partition coefficient (Wildman–Crippen LogP) is 1.16. The summed E-state index contributed by atoms with van der Waals surface area (Å²) in [5.74, 6) is -0.465. The molecule has 0 aliphatic carbocycles. The molecule has 2 amide bonds. The molecule has 1 unspecified atom stereocenters. The molecular weight excluding hydrogens is 244 g/mol. The first kappa shape index (κ1) is 13.6. The SMILES string of the molecule is Cc1nn(C(C)C)c(C)c1NC(=O)C1CNC(=O)C1. The summed E-state index contributed by atoms with van der Waals surface area (Å²) in [5, 5.41) is 9.99. The number of rotatable bonds is 3. The van der Waals surface area contributed by atoms with Gasteiger partial charge in [0.25, 0.3) is 0 Å². The second-order valence-corrected chi connectivity index (χ2v) is 5.28. The lowest BCUT2D eigenvalue weighted by Gasteiger charge is -2.11. The van der Waals surface area contributed by atoms with E-state index in [1.165, 1.54) is 0 Å². The second-order valence-electron chi connectivity index (χ2n) is 5.28. The first-order valence-electron chi connectivity index (χ1n) is 6.53. The van der Waals surface area contributed by atoms with E-state index in [1.54, 1.807) is 0 Å². The fourth-order valence-electron chi connectivity index (χ4n) is 2.36. The molecule has 0 saturated carbocycles. The number of carbonyl (C=O) groups excluding carboxylic acids is 2. The minimum absolute atomic E-state index is 0.0635. The molecule has 1 fully saturated rings. The zero-order chi connectivity index (χ0) is 14.2. The van der Waals surface area contributed by atoms with Crippen molar-refractivity contribution in [1.29, 1.82) is 0 Å². The Morgan fingerprint density at radius 2 is 2.16 bits per heavy atom. The fraction of sp³-hybridized carbons (Fsp3) is 0.615. The Bertz CT molecular complexity index is 519. The van der Waals surface area contributed by atoms with Crippen LogP contribution in [-0.4, -0.2) is 28.1 Å². The molecular formula is C13H20N4O2. The highest BCUT2D eigenvalue weighted by atomic mass is 16.2. The smallest absolute Gasteiger partial charge is 0.229 e. The van der Waals surface area contributed by atoms with Crippen molar-refractivity contribution in [3.63, 3.8) is 0 Å². The highest BCUT2D eigenvalue weighted by molar-refractivity contribution is 5.97. The molecule has 1 atom stereocenters. The number of anilines is 1. The van der Waals surface area contributed by atoms with Crippen LogP contribution in [0, 0.1) is 19.8 Å². The molecule has 2 N–H and O–H groups in total. The molecule has 19 heavy (non-hydrogen) atoms. The number of nitrogens with one attached hydrogen (secondary N) is 2. The van der Waals surface area contributed by atoms with E-state index in [9.17, 15) is 9.59 Å². The van der Waals surface area contributed by atoms with Gasteiger partial charge >= 0.3 is 0 Å². The van der Waals surface area contributed by atoms with Crippen molar-refractivity contribution in [2.75, 3.05) is 11.9 Å². The molecule has 2 rings (SSSR count). The van der Waals surface area contributed by atoms with Crippen LogP contribution in [0.2, 0.25) is 0 Å². The van der Waals surface area contributed by atoms with Crippen LogP contribution in [0.3, 0.4) is 0 Å². The van der Waals surface area contributed by atoms with Crippen molar-refractivity contribution in [2.24, 2.45) is 5.92 Å². The van der Waals surface area contributed by atoms with Gasteiger partial charge in [-0.1, -0.05) is 0 Å². The van der Waals surface area contributed by atoms with Crippen LogP contribution >= 0.6 is 0 Å². The van der Waals surface area contributed by atoms with Gasteiger partial charge in [-0.05, 0) is 27.7 Å². The van der Waals surface area contributed by atoms with Gasteiger partial charge in [0, 0.05) is 19.0 Å². The summed E-state index contributed by atoms with van der Waals surface area (Å²) >= 11 is 0. The second kappa shape index (κ2) is 5.03. The predicted molar refractivity (Wildman–Crippen MR) is 71.8 cm³/mol. The van der Waals surface area contributed by atoms with Gasteiger partial charge in [-0.2, -0.15) is 5.10 Å². The Hall–Kier alpha value is -1.85. The Kier molecular flexibility index (Phi) is 3.59. The summed E-state index contributed by atoms with van der Waals surface area (Å²) in [6.07, 6.45) is 0.266. The van der Waals surface area contributed by atoms with Crippen molar-refractivity contribution in [2.45, 2.75) is 40.2 Å². The normalized spacial score (nSPS) is 18.8. The molecule has 1 aliphatic heterocycles. The van der Waals surface area contributed by atoms with Gasteiger partial charge < -0.3 is 10.6 Å². The first-order chi connectivity index (χ1) is 8.90. The standard InChI is InChI=1S/C13H20N4O2/c1-7(2)17-9(4)12(8(3)16-17)15-13(19)10-5-11(18)14-6-10/h7,10H,5-6H2,1-4H3,(H,14,18)(H,15,19). The maximum absolute atomic E-state index is 12.1. The molecule has 2 heterocycles. The van der Waals surface area contributed by atoms with Crippen LogP contribution in [0.1, 0.15) is 37.7 Å². The molecule has 1 aromatic heterocycles. The highest BCUT2D eigenvalue weighted by Crippen LogP contribution is 2.23. The molecule has 6 nitrogen and oxygen atoms in total. The molecule has 6 heteroatoms. The van der Waals surface area contributed by atoms with Crippen LogP contribution in [0.5, 0.6) is 0 Å². The van der Waals surface area contributed by atoms with Crippen LogP contribution in [0.15, 0.2) is 0 Å². The highest BCUT2D eigenvalue weighted by Gasteiger charge is 2.29. The number of hydrogen-bond donors (Lipinski definition) is 2. The Morgan fingerprint density at radius 1 is 1.47 bits per heavy atom. The molecule has 1 aromatic rings. The van der Waals surface area contributed by atoms with Gasteiger partial charge in [-0.25, -0.2) is 0 Å². The van der Waals surface area contributed by atoms with Crippen molar-refractivity contribution in [1.82, 2.24) is 15.1 Å². The maximum atomic E-state index is 12.1. The summed E-state index contributed by atoms with van der Waals surface area (Å²) in [6, 6.07) is 0.249. The lowest BCUT2D eigenvalue weighted by molar-refractivity contribution is -0.123. The largest absolute Gasteiger partial charge is 0.355 e. The molecule has 1 aliphatic rings. The summed E-state index contributed by atoms with van der Waals surface area (Å²) in [5.41, 5.74) is 2.51. The van der Waals surface area contributed by atoms with Gasteiger partial charge in [0.15, 0.2) is 0 Å². The summed E-state index contributed by atoms with van der Waals surface area (Å²) < 4.78 is 1.89. The lowest BCUT2D eigenvalue weighted by Crippen LogP contribution is -2.25. The monoisotopic (exact) mass is 264 g/mol. The van der Waals surface area contributed by atoms with E-state index in [0.29, 0.717) is 6.54 Å². The third kappa shape index (κ3) is 2.62. The Balaban J connectivity index is 2.15. The van der Waals surface area contributed by atoms with Gasteiger partial charge in [-0.3, -0.25) is 14.3 Å². The first-order valence-corrected chi connectivity index (χ1v) is 6.53. The third-order valence-corrected chi connectivity index (χ3v) is 3.41. The minimum Gasteiger partial charge on any atom is -0.355 e. The lowest BCUT2D eigenvalue weighted by atomic mass is 10.1. The zero-order valence-electron chi connectivity index (χ0n) is 11.8. The van der Waals surface area contributed by atoms with E-state index in [4.69, 9.17) is 0 Å². The zero-order valence-corrected chi connectivity index (χ0v) is 11.8. The van der Waals surface area contributed by atoms with E-state index < -0.39 is 0 Å². The average molecular weight is 264 g/mol. The van der Waals surface area contributed by atoms with Crippen LogP contribution in [0.4, 0.5) is 5.69 Å². The summed E-state index contributed by atoms with van der Waals surface area (Å²) in [6.45, 7) is 8.32. The van der Waals surface area contributed by atoms with Gasteiger partial charge in [0.1, 0.15) is 0 Å². The number of nitrogens with zero attached hydrogens (tertiary/aromatic N) is 2. The fourth-order valence-corrected chi connectivity index (χ4v) is 2.36. The van der Waals surface area contributed by atoms with Crippen molar-refractivity contribution >= 4 is 17.5 Å². The molecule has 0 aromatic carbocycles. The number of aryl methyl sites for hydroxylation is 1. The summed E-state index contributed by atoms with van der Waals surface area (Å²) in [4.78, 5) is 23.2. The maximum Gasteiger partial charge on any atom is 0.229 e. The van der Waals surface area contributed by atoms with Crippen LogP contribution < -0.4 is 10.6 Å². The van der Waals surface area contributed by atoms with Crippen molar-refractivity contribution in [3.05, 3.63) is 11.4 Å². The number of aromatic nitrogens is 2.